The average Bonchev–Trinajstić information content (AvgIpc) is 2.28. The Morgan fingerprint density at radius 2 is 1.75 bits per heavy atom. The van der Waals surface area contributed by atoms with Crippen molar-refractivity contribution in [2.75, 3.05) is 26.2 Å². The molecule has 16 heavy (non-hydrogen) atoms. The van der Waals surface area contributed by atoms with E-state index in [1.807, 2.05) is 18.7 Å². The van der Waals surface area contributed by atoms with Crippen molar-refractivity contribution in [3.05, 3.63) is 0 Å². The van der Waals surface area contributed by atoms with Crippen molar-refractivity contribution in [1.29, 1.82) is 0 Å². The topological polar surface area (TPSA) is 41.6 Å². The molecule has 4 heteroatoms. The van der Waals surface area contributed by atoms with E-state index in [0.29, 0.717) is 5.91 Å². The van der Waals surface area contributed by atoms with Crippen molar-refractivity contribution in [2.24, 2.45) is 5.92 Å². The molecule has 2 unspecified atom stereocenters. The molecule has 1 N–H and O–H groups in total. The van der Waals surface area contributed by atoms with Crippen molar-refractivity contribution in [3.63, 3.8) is 0 Å². The second kappa shape index (κ2) is 5.15. The lowest BCUT2D eigenvalue weighted by atomic mass is 9.96. The average molecular weight is 226 g/mol. The standard InChI is InChI=1S/C12H22N2O2/c1-9-7-14(8-10(2)16-9)12(15)11-3-5-13-6-4-11/h9-11,13H,3-8H2,1-2H3. The zero-order chi connectivity index (χ0) is 11.5. The van der Waals surface area contributed by atoms with E-state index in [4.69, 9.17) is 4.74 Å². The van der Waals surface area contributed by atoms with Gasteiger partial charge >= 0.3 is 0 Å². The maximum absolute atomic E-state index is 12.3. The van der Waals surface area contributed by atoms with Crippen LogP contribution in [0.5, 0.6) is 0 Å². The van der Waals surface area contributed by atoms with Crippen LogP contribution in [0.2, 0.25) is 0 Å². The van der Waals surface area contributed by atoms with Crippen LogP contribution in [0.4, 0.5) is 0 Å². The lowest BCUT2D eigenvalue weighted by Crippen LogP contribution is -2.51. The van der Waals surface area contributed by atoms with Crippen LogP contribution in [0, 0.1) is 5.92 Å². The molecule has 0 saturated carbocycles. The first kappa shape index (κ1) is 11.9. The highest BCUT2D eigenvalue weighted by atomic mass is 16.5. The molecule has 2 aliphatic rings. The molecule has 2 aliphatic heterocycles. The fourth-order valence-corrected chi connectivity index (χ4v) is 2.68. The lowest BCUT2D eigenvalue weighted by molar-refractivity contribution is -0.148. The second-order valence-electron chi connectivity index (χ2n) is 5.02. The quantitative estimate of drug-likeness (QED) is 0.713. The summed E-state index contributed by atoms with van der Waals surface area (Å²) in [4.78, 5) is 14.3. The van der Waals surface area contributed by atoms with Gasteiger partial charge in [0.25, 0.3) is 0 Å². The Kier molecular flexibility index (Phi) is 3.82. The van der Waals surface area contributed by atoms with E-state index >= 15 is 0 Å². The fourth-order valence-electron chi connectivity index (χ4n) is 2.68. The molecule has 2 heterocycles. The summed E-state index contributed by atoms with van der Waals surface area (Å²) < 4.78 is 5.65. The Labute approximate surface area is 97.3 Å². The largest absolute Gasteiger partial charge is 0.372 e. The number of nitrogens with one attached hydrogen (secondary N) is 1. The molecule has 0 aromatic rings. The molecule has 0 bridgehead atoms. The Hall–Kier alpha value is -0.610. The molecule has 2 rings (SSSR count). The number of carbonyl (C=O) groups is 1. The van der Waals surface area contributed by atoms with Crippen molar-refractivity contribution >= 4 is 5.91 Å². The maximum atomic E-state index is 12.3. The minimum atomic E-state index is 0.175. The van der Waals surface area contributed by atoms with Gasteiger partial charge in [-0.3, -0.25) is 4.79 Å². The van der Waals surface area contributed by atoms with Crippen LogP contribution >= 0.6 is 0 Å². The molecule has 0 aliphatic carbocycles. The molecule has 2 fully saturated rings. The normalized spacial score (nSPS) is 32.8. The van der Waals surface area contributed by atoms with Gasteiger partial charge in [0.2, 0.25) is 5.91 Å². The van der Waals surface area contributed by atoms with Crippen LogP contribution in [0.25, 0.3) is 0 Å². The van der Waals surface area contributed by atoms with Gasteiger partial charge in [0.1, 0.15) is 0 Å². The number of nitrogens with zero attached hydrogens (tertiary/aromatic N) is 1. The minimum Gasteiger partial charge on any atom is -0.372 e. The highest BCUT2D eigenvalue weighted by Gasteiger charge is 2.30. The molecule has 0 radical (unpaired) electrons. The van der Waals surface area contributed by atoms with E-state index < -0.39 is 0 Å². The summed E-state index contributed by atoms with van der Waals surface area (Å²) >= 11 is 0. The van der Waals surface area contributed by atoms with E-state index in [0.717, 1.165) is 39.0 Å². The third-order valence-corrected chi connectivity index (χ3v) is 3.42. The van der Waals surface area contributed by atoms with E-state index in [2.05, 4.69) is 5.32 Å². The molecule has 2 atom stereocenters. The summed E-state index contributed by atoms with van der Waals surface area (Å²) in [7, 11) is 0. The number of hydrogen-bond acceptors (Lipinski definition) is 3. The van der Waals surface area contributed by atoms with Crippen LogP contribution in [-0.2, 0) is 9.53 Å². The monoisotopic (exact) mass is 226 g/mol. The highest BCUT2D eigenvalue weighted by Crippen LogP contribution is 2.19. The SMILES string of the molecule is CC1CN(C(=O)C2CCNCC2)CC(C)O1. The number of rotatable bonds is 1. The number of ether oxygens (including phenoxy) is 1. The van der Waals surface area contributed by atoms with E-state index in [-0.39, 0.29) is 18.1 Å². The van der Waals surface area contributed by atoms with E-state index in [1.165, 1.54) is 0 Å². The molecule has 0 aromatic heterocycles. The van der Waals surface area contributed by atoms with Crippen molar-refractivity contribution < 1.29 is 9.53 Å². The predicted molar refractivity (Wildman–Crippen MR) is 62.2 cm³/mol. The smallest absolute Gasteiger partial charge is 0.225 e. The molecule has 1 amide bonds. The zero-order valence-corrected chi connectivity index (χ0v) is 10.2. The number of amides is 1. The van der Waals surface area contributed by atoms with Gasteiger partial charge in [0.15, 0.2) is 0 Å². The summed E-state index contributed by atoms with van der Waals surface area (Å²) in [6.45, 7) is 7.55. The van der Waals surface area contributed by atoms with Crippen molar-refractivity contribution in [1.82, 2.24) is 10.2 Å². The van der Waals surface area contributed by atoms with Crippen LogP contribution in [-0.4, -0.2) is 49.2 Å². The Morgan fingerprint density at radius 3 is 2.31 bits per heavy atom. The van der Waals surface area contributed by atoms with Gasteiger partial charge in [-0.1, -0.05) is 0 Å². The number of morpholine rings is 1. The molecule has 4 nitrogen and oxygen atoms in total. The van der Waals surface area contributed by atoms with E-state index in [1.54, 1.807) is 0 Å². The Bertz CT molecular complexity index is 241. The zero-order valence-electron chi connectivity index (χ0n) is 10.2. The molecule has 92 valence electrons. The first-order valence-electron chi connectivity index (χ1n) is 6.32. The van der Waals surface area contributed by atoms with Gasteiger partial charge in [-0.05, 0) is 39.8 Å². The number of carbonyl (C=O) groups excluding carboxylic acids is 1. The molecule has 0 spiro atoms. The van der Waals surface area contributed by atoms with Crippen LogP contribution in [0.3, 0.4) is 0 Å². The summed E-state index contributed by atoms with van der Waals surface area (Å²) in [5, 5.41) is 3.29. The lowest BCUT2D eigenvalue weighted by Gasteiger charge is -2.37. The summed E-state index contributed by atoms with van der Waals surface area (Å²) in [5.41, 5.74) is 0. The third kappa shape index (κ3) is 2.74. The minimum absolute atomic E-state index is 0.175. The van der Waals surface area contributed by atoms with Crippen LogP contribution < -0.4 is 5.32 Å². The van der Waals surface area contributed by atoms with Gasteiger partial charge in [0, 0.05) is 19.0 Å². The second-order valence-corrected chi connectivity index (χ2v) is 5.02. The van der Waals surface area contributed by atoms with Gasteiger partial charge in [0.05, 0.1) is 12.2 Å². The summed E-state index contributed by atoms with van der Waals surface area (Å²) in [5.74, 6) is 0.572. The van der Waals surface area contributed by atoms with E-state index in [9.17, 15) is 4.79 Å². The Balaban J connectivity index is 1.92. The molecule has 2 saturated heterocycles. The predicted octanol–water partition coefficient (Wildman–Crippen LogP) is 0.622. The number of hydrogen-bond donors (Lipinski definition) is 1. The first-order chi connectivity index (χ1) is 7.66. The van der Waals surface area contributed by atoms with Gasteiger partial charge < -0.3 is 15.0 Å². The third-order valence-electron chi connectivity index (χ3n) is 3.42. The van der Waals surface area contributed by atoms with Gasteiger partial charge in [-0.15, -0.1) is 0 Å². The number of piperidine rings is 1. The fraction of sp³-hybridized carbons (Fsp3) is 0.917. The summed E-state index contributed by atoms with van der Waals surface area (Å²) in [6.07, 6.45) is 2.32. The Morgan fingerprint density at radius 1 is 1.19 bits per heavy atom. The maximum Gasteiger partial charge on any atom is 0.225 e. The summed E-state index contributed by atoms with van der Waals surface area (Å²) in [6, 6.07) is 0. The molecular weight excluding hydrogens is 204 g/mol. The van der Waals surface area contributed by atoms with Gasteiger partial charge in [-0.2, -0.15) is 0 Å². The van der Waals surface area contributed by atoms with Crippen molar-refractivity contribution in [3.8, 4) is 0 Å². The van der Waals surface area contributed by atoms with Crippen molar-refractivity contribution in [2.45, 2.75) is 38.9 Å². The van der Waals surface area contributed by atoms with Gasteiger partial charge in [-0.25, -0.2) is 0 Å². The first-order valence-corrected chi connectivity index (χ1v) is 6.32. The molecule has 0 aromatic carbocycles. The highest BCUT2D eigenvalue weighted by molar-refractivity contribution is 5.79. The van der Waals surface area contributed by atoms with Crippen LogP contribution in [0.15, 0.2) is 0 Å². The van der Waals surface area contributed by atoms with Crippen LogP contribution in [0.1, 0.15) is 26.7 Å². The molecular formula is C12H22N2O2.